The van der Waals surface area contributed by atoms with Crippen LogP contribution in [0.1, 0.15) is 5.69 Å². The number of carbonyl (C=O) groups is 4. The highest BCUT2D eigenvalue weighted by molar-refractivity contribution is 8.00. The molecular formula is C18H16Cl3N5O7S2. The molecular weight excluding hydrogens is 569 g/mol. The van der Waals surface area contributed by atoms with Crippen LogP contribution < -0.4 is 11.1 Å². The number of halogens is 3. The van der Waals surface area contributed by atoms with E-state index in [4.69, 9.17) is 50.1 Å². The Kier molecular flexibility index (Phi) is 8.54. The number of carbonyl (C=O) groups excluding carboxylic acids is 3. The van der Waals surface area contributed by atoms with E-state index in [-0.39, 0.29) is 28.0 Å². The van der Waals surface area contributed by atoms with Gasteiger partial charge in [-0.2, -0.15) is 0 Å². The molecule has 1 unspecified atom stereocenters. The second kappa shape index (κ2) is 11.0. The molecule has 1 saturated heterocycles. The zero-order valence-electron chi connectivity index (χ0n) is 17.4. The summed E-state index contributed by atoms with van der Waals surface area (Å²) >= 11 is 18.8. The highest BCUT2D eigenvalue weighted by Crippen LogP contribution is 2.40. The van der Waals surface area contributed by atoms with Crippen molar-refractivity contribution in [2.45, 2.75) is 15.2 Å². The Bertz CT molecular complexity index is 1130. The number of aliphatic carboxylic acids is 1. The zero-order chi connectivity index (χ0) is 25.9. The maximum atomic E-state index is 13.0. The van der Waals surface area contributed by atoms with E-state index in [1.54, 1.807) is 0 Å². The average Bonchev–Trinajstić information content (AvgIpc) is 3.22. The van der Waals surface area contributed by atoms with Crippen LogP contribution >= 0.6 is 57.9 Å². The van der Waals surface area contributed by atoms with Crippen LogP contribution in [0.2, 0.25) is 0 Å². The number of β-lactam (4-membered cyclic amide) rings is 1. The van der Waals surface area contributed by atoms with E-state index in [0.29, 0.717) is 5.57 Å². The van der Waals surface area contributed by atoms with Gasteiger partial charge in [0.1, 0.15) is 29.4 Å². The van der Waals surface area contributed by atoms with Crippen molar-refractivity contribution < 1.29 is 33.9 Å². The number of amides is 2. The standard InChI is InChI=1S/C18H16Cl3N5O7S2/c1-2-7-4-34-15-11(14(29)26(15)12(7)16(30)31)24-13(28)10(8-5-35-17(22)23-8)25-33-3-9(27)32-6-18(19,20)21/h2,5,11,15H,1,3-4,6H2,(H2,22,23)(H,24,28)(H,30,31)/t11?,15-/m0/s1. The summed E-state index contributed by atoms with van der Waals surface area (Å²) in [7, 11) is 0. The van der Waals surface area contributed by atoms with E-state index in [0.717, 1.165) is 16.2 Å². The summed E-state index contributed by atoms with van der Waals surface area (Å²) in [6.07, 6.45) is 1.37. The second-order valence-corrected chi connectivity index (χ2v) is 11.3. The minimum atomic E-state index is -1.81. The van der Waals surface area contributed by atoms with Crippen LogP contribution in [0.5, 0.6) is 0 Å². The molecule has 3 rings (SSSR count). The zero-order valence-corrected chi connectivity index (χ0v) is 21.3. The number of thiazole rings is 1. The number of alkyl halides is 3. The summed E-state index contributed by atoms with van der Waals surface area (Å²) in [5.74, 6) is -3.40. The Morgan fingerprint density at radius 1 is 1.43 bits per heavy atom. The first-order valence-electron chi connectivity index (χ1n) is 9.41. The van der Waals surface area contributed by atoms with Crippen LogP contribution in [0.15, 0.2) is 34.5 Å². The van der Waals surface area contributed by atoms with Gasteiger partial charge in [0.05, 0.1) is 0 Å². The number of ether oxygens (including phenoxy) is 1. The number of oxime groups is 1. The van der Waals surface area contributed by atoms with Crippen LogP contribution in [-0.4, -0.2) is 78.6 Å². The van der Waals surface area contributed by atoms with Crippen molar-refractivity contribution in [1.82, 2.24) is 15.2 Å². The minimum absolute atomic E-state index is 0.0275. The number of allylic oxidation sites excluding steroid dienone is 1. The molecule has 3 heterocycles. The van der Waals surface area contributed by atoms with Crippen molar-refractivity contribution in [3.63, 3.8) is 0 Å². The maximum Gasteiger partial charge on any atom is 0.352 e. The molecule has 35 heavy (non-hydrogen) atoms. The highest BCUT2D eigenvalue weighted by Gasteiger charge is 2.54. The van der Waals surface area contributed by atoms with Gasteiger partial charge in [-0.3, -0.25) is 14.5 Å². The normalized spacial score (nSPS) is 20.0. The van der Waals surface area contributed by atoms with Gasteiger partial charge in [-0.25, -0.2) is 14.6 Å². The number of rotatable bonds is 9. The first-order chi connectivity index (χ1) is 16.4. The fourth-order valence-corrected chi connectivity index (χ4v) is 5.02. The van der Waals surface area contributed by atoms with Gasteiger partial charge in [-0.15, -0.1) is 23.1 Å². The van der Waals surface area contributed by atoms with Crippen molar-refractivity contribution in [2.75, 3.05) is 24.7 Å². The van der Waals surface area contributed by atoms with Crippen LogP contribution in [0.3, 0.4) is 0 Å². The molecule has 0 aromatic carbocycles. The molecule has 0 aliphatic carbocycles. The third kappa shape index (κ3) is 6.38. The third-order valence-electron chi connectivity index (χ3n) is 4.45. The number of nitrogens with zero attached hydrogens (tertiary/aromatic N) is 3. The van der Waals surface area contributed by atoms with Gasteiger partial charge in [-0.05, 0) is 5.57 Å². The van der Waals surface area contributed by atoms with Crippen LogP contribution in [0.25, 0.3) is 0 Å². The van der Waals surface area contributed by atoms with Gasteiger partial charge in [0.2, 0.25) is 10.4 Å². The third-order valence-corrected chi connectivity index (χ3v) is 6.75. The van der Waals surface area contributed by atoms with Crippen molar-refractivity contribution in [2.24, 2.45) is 5.16 Å². The molecule has 2 amide bonds. The quantitative estimate of drug-likeness (QED) is 0.126. The van der Waals surface area contributed by atoms with Gasteiger partial charge in [0.15, 0.2) is 10.8 Å². The van der Waals surface area contributed by atoms with Gasteiger partial charge in [-0.1, -0.05) is 52.6 Å². The molecule has 188 valence electrons. The number of thioether (sulfide) groups is 1. The van der Waals surface area contributed by atoms with Gasteiger partial charge >= 0.3 is 11.9 Å². The predicted octanol–water partition coefficient (Wildman–Crippen LogP) is 1.28. The van der Waals surface area contributed by atoms with E-state index in [1.807, 2.05) is 0 Å². The van der Waals surface area contributed by atoms with Crippen LogP contribution in [0, 0.1) is 0 Å². The first-order valence-corrected chi connectivity index (χ1v) is 12.5. The van der Waals surface area contributed by atoms with Crippen molar-refractivity contribution in [1.29, 1.82) is 0 Å². The summed E-state index contributed by atoms with van der Waals surface area (Å²) in [6.45, 7) is 2.33. The van der Waals surface area contributed by atoms with Crippen molar-refractivity contribution in [3.05, 3.63) is 35.0 Å². The fraction of sp³-hybridized carbons (Fsp3) is 0.333. The molecule has 1 fully saturated rings. The summed E-state index contributed by atoms with van der Waals surface area (Å²) in [5, 5.41) is 16.5. The monoisotopic (exact) mass is 583 g/mol. The number of nitrogens with two attached hydrogens (primary N) is 1. The molecule has 1 aromatic rings. The SMILES string of the molecule is C=CC1=C(C(=O)O)N2C(=O)C(NC(=O)C(=NOCC(=O)OCC(Cl)(Cl)Cl)c3csc(N)n3)[C@@H]2SC1. The summed E-state index contributed by atoms with van der Waals surface area (Å²) in [6, 6.07) is -1.04. The second-order valence-electron chi connectivity index (χ2n) is 6.80. The Morgan fingerprint density at radius 3 is 2.71 bits per heavy atom. The molecule has 0 spiro atoms. The molecule has 2 aliphatic heterocycles. The summed E-state index contributed by atoms with van der Waals surface area (Å²) < 4.78 is 2.88. The predicted molar refractivity (Wildman–Crippen MR) is 130 cm³/mol. The lowest BCUT2D eigenvalue weighted by atomic mass is 10.0. The lowest BCUT2D eigenvalue weighted by Crippen LogP contribution is -2.71. The number of hydrogen-bond acceptors (Lipinski definition) is 11. The molecule has 1 aromatic heterocycles. The number of nitrogen functional groups attached to an aromatic ring is 1. The first kappa shape index (κ1) is 27.1. The topological polar surface area (TPSA) is 174 Å². The minimum Gasteiger partial charge on any atom is -0.477 e. The lowest BCUT2D eigenvalue weighted by molar-refractivity contribution is -0.150. The smallest absolute Gasteiger partial charge is 0.352 e. The Balaban J connectivity index is 1.72. The average molecular weight is 585 g/mol. The number of aromatic nitrogens is 1. The number of carboxylic acid groups (broad SMARTS) is 1. The molecule has 2 atom stereocenters. The summed E-state index contributed by atoms with van der Waals surface area (Å²) in [4.78, 5) is 59.0. The Hall–Kier alpha value is -2.52. The largest absolute Gasteiger partial charge is 0.477 e. The molecule has 2 aliphatic rings. The van der Waals surface area contributed by atoms with Crippen LogP contribution in [-0.2, 0) is 28.8 Å². The highest BCUT2D eigenvalue weighted by atomic mass is 35.6. The Morgan fingerprint density at radius 2 is 2.14 bits per heavy atom. The number of fused-ring (bicyclic) bond motifs is 1. The molecule has 17 heteroatoms. The number of carboxylic acids is 1. The van der Waals surface area contributed by atoms with Gasteiger partial charge < -0.3 is 25.7 Å². The summed E-state index contributed by atoms with van der Waals surface area (Å²) in [5.41, 5.74) is 5.49. The van der Waals surface area contributed by atoms with E-state index in [9.17, 15) is 24.3 Å². The van der Waals surface area contributed by atoms with Gasteiger partial charge in [0, 0.05) is 11.1 Å². The lowest BCUT2D eigenvalue weighted by Gasteiger charge is -2.49. The maximum absolute atomic E-state index is 13.0. The van der Waals surface area contributed by atoms with Gasteiger partial charge in [0.25, 0.3) is 11.8 Å². The molecule has 0 saturated carbocycles. The van der Waals surface area contributed by atoms with Crippen molar-refractivity contribution >= 4 is 92.5 Å². The number of hydrogen-bond donors (Lipinski definition) is 3. The van der Waals surface area contributed by atoms with Crippen molar-refractivity contribution in [3.8, 4) is 0 Å². The van der Waals surface area contributed by atoms with E-state index in [1.165, 1.54) is 23.2 Å². The Labute approximate surface area is 221 Å². The molecule has 0 radical (unpaired) electrons. The molecule has 4 N–H and O–H groups in total. The number of nitrogens with one attached hydrogen (secondary N) is 1. The number of anilines is 1. The fourth-order valence-electron chi connectivity index (χ4n) is 2.96. The van der Waals surface area contributed by atoms with E-state index < -0.39 is 52.2 Å². The van der Waals surface area contributed by atoms with Crippen LogP contribution in [0.4, 0.5) is 5.13 Å². The van der Waals surface area contributed by atoms with E-state index in [2.05, 4.69) is 22.0 Å². The molecule has 0 bridgehead atoms. The van der Waals surface area contributed by atoms with E-state index >= 15 is 0 Å². The number of esters is 1. The molecule has 12 nitrogen and oxygen atoms in total.